The average Bonchev–Trinajstić information content (AvgIpc) is 2.58. The SMILES string of the molecule is CCOC(=O)[C@@H]1CCC[NH+](Cn2nnc3ccccc3c2=O)C1. The van der Waals surface area contributed by atoms with Crippen LogP contribution in [0.2, 0.25) is 0 Å². The number of likely N-dealkylation sites (tertiary alicyclic amines) is 1. The Kier molecular flexibility index (Phi) is 4.66. The van der Waals surface area contributed by atoms with E-state index in [-0.39, 0.29) is 17.4 Å². The van der Waals surface area contributed by atoms with E-state index in [1.807, 2.05) is 19.1 Å². The Morgan fingerprint density at radius 3 is 3.09 bits per heavy atom. The van der Waals surface area contributed by atoms with Crippen molar-refractivity contribution in [3.8, 4) is 0 Å². The van der Waals surface area contributed by atoms with E-state index < -0.39 is 0 Å². The number of piperidine rings is 1. The summed E-state index contributed by atoms with van der Waals surface area (Å²) in [5.41, 5.74) is 0.466. The van der Waals surface area contributed by atoms with Gasteiger partial charge in [0.1, 0.15) is 11.4 Å². The van der Waals surface area contributed by atoms with E-state index in [0.717, 1.165) is 24.3 Å². The smallest absolute Gasteiger partial charge is 0.314 e. The molecule has 1 aromatic carbocycles. The van der Waals surface area contributed by atoms with Crippen LogP contribution in [0.5, 0.6) is 0 Å². The molecule has 1 N–H and O–H groups in total. The van der Waals surface area contributed by atoms with Crippen molar-refractivity contribution in [2.75, 3.05) is 19.7 Å². The minimum absolute atomic E-state index is 0.0946. The molecule has 0 aliphatic carbocycles. The minimum atomic E-state index is -0.138. The van der Waals surface area contributed by atoms with Gasteiger partial charge in [-0.2, -0.15) is 4.68 Å². The lowest BCUT2D eigenvalue weighted by atomic mass is 9.99. The summed E-state index contributed by atoms with van der Waals surface area (Å²) in [5, 5.41) is 8.69. The molecular weight excluding hydrogens is 296 g/mol. The van der Waals surface area contributed by atoms with Crippen LogP contribution < -0.4 is 10.5 Å². The van der Waals surface area contributed by atoms with Gasteiger partial charge >= 0.3 is 5.97 Å². The second kappa shape index (κ2) is 6.87. The van der Waals surface area contributed by atoms with Crippen LogP contribution in [0.4, 0.5) is 0 Å². The minimum Gasteiger partial charge on any atom is -0.466 e. The van der Waals surface area contributed by atoms with Crippen molar-refractivity contribution in [3.05, 3.63) is 34.6 Å². The van der Waals surface area contributed by atoms with Crippen LogP contribution in [0.1, 0.15) is 19.8 Å². The van der Waals surface area contributed by atoms with Gasteiger partial charge in [-0.25, -0.2) is 0 Å². The van der Waals surface area contributed by atoms with Crippen LogP contribution in [-0.4, -0.2) is 40.7 Å². The molecule has 3 rings (SSSR count). The molecule has 122 valence electrons. The van der Waals surface area contributed by atoms with Crippen molar-refractivity contribution in [1.82, 2.24) is 15.0 Å². The predicted octanol–water partition coefficient (Wildman–Crippen LogP) is -0.393. The van der Waals surface area contributed by atoms with Crippen LogP contribution in [-0.2, 0) is 16.2 Å². The molecule has 1 aliphatic heterocycles. The summed E-state index contributed by atoms with van der Waals surface area (Å²) in [5.74, 6) is -0.232. The Morgan fingerprint density at radius 2 is 2.26 bits per heavy atom. The lowest BCUT2D eigenvalue weighted by molar-refractivity contribution is -0.930. The van der Waals surface area contributed by atoms with Crippen molar-refractivity contribution in [3.63, 3.8) is 0 Å². The number of carbonyl (C=O) groups excluding carboxylic acids is 1. The summed E-state index contributed by atoms with van der Waals surface area (Å²) >= 11 is 0. The normalized spacial score (nSPS) is 21.3. The number of hydrogen-bond acceptors (Lipinski definition) is 5. The molecule has 1 saturated heterocycles. The molecule has 1 aliphatic rings. The standard InChI is InChI=1S/C16H20N4O3/c1-2-23-16(22)12-6-5-9-19(10-12)11-20-15(21)13-7-3-4-8-14(13)17-18-20/h3-4,7-8,12H,2,5-6,9-11H2,1H3/p+1/t12-/m1/s1. The number of carbonyl (C=O) groups is 1. The lowest BCUT2D eigenvalue weighted by Gasteiger charge is -2.28. The number of quaternary nitrogens is 1. The Balaban J connectivity index is 1.75. The first-order valence-corrected chi connectivity index (χ1v) is 8.01. The molecular formula is C16H21N4O3+. The second-order valence-electron chi connectivity index (χ2n) is 5.86. The van der Waals surface area contributed by atoms with E-state index in [0.29, 0.717) is 30.7 Å². The van der Waals surface area contributed by atoms with Crippen LogP contribution >= 0.6 is 0 Å². The van der Waals surface area contributed by atoms with E-state index in [2.05, 4.69) is 10.3 Å². The third kappa shape index (κ3) is 3.39. The maximum absolute atomic E-state index is 12.5. The molecule has 0 amide bonds. The zero-order valence-electron chi connectivity index (χ0n) is 13.2. The molecule has 1 aromatic heterocycles. The Bertz CT molecular complexity index is 758. The van der Waals surface area contributed by atoms with Gasteiger partial charge in [-0.1, -0.05) is 17.3 Å². The first kappa shape index (κ1) is 15.6. The number of aromatic nitrogens is 3. The highest BCUT2D eigenvalue weighted by molar-refractivity contribution is 5.76. The summed E-state index contributed by atoms with van der Waals surface area (Å²) in [6.07, 6.45) is 1.79. The fraction of sp³-hybridized carbons (Fsp3) is 0.500. The molecule has 7 nitrogen and oxygen atoms in total. The quantitative estimate of drug-likeness (QED) is 0.777. The molecule has 0 radical (unpaired) electrons. The molecule has 0 saturated carbocycles. The van der Waals surface area contributed by atoms with Gasteiger partial charge in [-0.3, -0.25) is 9.59 Å². The van der Waals surface area contributed by atoms with Gasteiger partial charge in [0.05, 0.1) is 25.1 Å². The predicted molar refractivity (Wildman–Crippen MR) is 83.9 cm³/mol. The Morgan fingerprint density at radius 1 is 1.43 bits per heavy atom. The maximum atomic E-state index is 12.5. The number of rotatable bonds is 4. The van der Waals surface area contributed by atoms with Gasteiger partial charge in [0.15, 0.2) is 6.67 Å². The topological polar surface area (TPSA) is 78.5 Å². The van der Waals surface area contributed by atoms with E-state index in [9.17, 15) is 9.59 Å². The van der Waals surface area contributed by atoms with Crippen molar-refractivity contribution in [2.45, 2.75) is 26.4 Å². The van der Waals surface area contributed by atoms with Crippen LogP contribution in [0, 0.1) is 5.92 Å². The maximum Gasteiger partial charge on any atom is 0.314 e. The van der Waals surface area contributed by atoms with E-state index in [4.69, 9.17) is 4.74 Å². The molecule has 23 heavy (non-hydrogen) atoms. The fourth-order valence-corrected chi connectivity index (χ4v) is 3.09. The monoisotopic (exact) mass is 317 g/mol. The molecule has 2 heterocycles. The highest BCUT2D eigenvalue weighted by atomic mass is 16.5. The van der Waals surface area contributed by atoms with Crippen molar-refractivity contribution in [1.29, 1.82) is 0 Å². The lowest BCUT2D eigenvalue weighted by Crippen LogP contribution is -3.13. The summed E-state index contributed by atoms with van der Waals surface area (Å²) in [7, 11) is 0. The number of hydrogen-bond donors (Lipinski definition) is 1. The van der Waals surface area contributed by atoms with E-state index in [1.54, 1.807) is 12.1 Å². The summed E-state index contributed by atoms with van der Waals surface area (Å²) in [6.45, 7) is 4.22. The molecule has 0 spiro atoms. The van der Waals surface area contributed by atoms with Gasteiger partial charge in [0.25, 0.3) is 5.56 Å². The van der Waals surface area contributed by atoms with Crippen molar-refractivity contribution in [2.24, 2.45) is 5.92 Å². The number of nitrogens with zero attached hydrogens (tertiary/aromatic N) is 3. The molecule has 2 aromatic rings. The fourth-order valence-electron chi connectivity index (χ4n) is 3.09. The van der Waals surface area contributed by atoms with E-state index in [1.165, 1.54) is 4.68 Å². The zero-order chi connectivity index (χ0) is 16.2. The summed E-state index contributed by atoms with van der Waals surface area (Å²) in [6, 6.07) is 7.19. The van der Waals surface area contributed by atoms with Crippen molar-refractivity contribution >= 4 is 16.9 Å². The highest BCUT2D eigenvalue weighted by Crippen LogP contribution is 2.09. The molecule has 1 fully saturated rings. The summed E-state index contributed by atoms with van der Waals surface area (Å²) < 4.78 is 6.51. The molecule has 1 unspecified atom stereocenters. The third-order valence-corrected chi connectivity index (χ3v) is 4.24. The summed E-state index contributed by atoms with van der Waals surface area (Å²) in [4.78, 5) is 25.5. The largest absolute Gasteiger partial charge is 0.466 e. The van der Waals surface area contributed by atoms with Crippen molar-refractivity contribution < 1.29 is 14.4 Å². The zero-order valence-corrected chi connectivity index (χ0v) is 13.2. The van der Waals surface area contributed by atoms with Crippen LogP contribution in [0.25, 0.3) is 10.9 Å². The molecule has 7 heteroatoms. The van der Waals surface area contributed by atoms with Gasteiger partial charge in [0.2, 0.25) is 0 Å². The number of benzene rings is 1. The van der Waals surface area contributed by atoms with E-state index >= 15 is 0 Å². The second-order valence-corrected chi connectivity index (χ2v) is 5.86. The molecule has 2 atom stereocenters. The Labute approximate surface area is 133 Å². The van der Waals surface area contributed by atoms with Crippen LogP contribution in [0.15, 0.2) is 29.1 Å². The first-order valence-electron chi connectivity index (χ1n) is 8.01. The average molecular weight is 317 g/mol. The van der Waals surface area contributed by atoms with Gasteiger partial charge in [0, 0.05) is 0 Å². The molecule has 0 bridgehead atoms. The third-order valence-electron chi connectivity index (χ3n) is 4.24. The number of fused-ring (bicyclic) bond motifs is 1. The number of esters is 1. The van der Waals surface area contributed by atoms with Gasteiger partial charge in [-0.05, 0) is 31.9 Å². The number of nitrogens with one attached hydrogen (secondary N) is 1. The first-order chi connectivity index (χ1) is 11.2. The highest BCUT2D eigenvalue weighted by Gasteiger charge is 2.30. The van der Waals surface area contributed by atoms with Crippen LogP contribution in [0.3, 0.4) is 0 Å². The van der Waals surface area contributed by atoms with Gasteiger partial charge in [-0.15, -0.1) is 5.10 Å². The Hall–Kier alpha value is -2.28. The van der Waals surface area contributed by atoms with Gasteiger partial charge < -0.3 is 9.64 Å². The number of ether oxygens (including phenoxy) is 1.